The molecule has 0 saturated heterocycles. The van der Waals surface area contributed by atoms with Crippen molar-refractivity contribution in [3.8, 4) is 17.2 Å². The van der Waals surface area contributed by atoms with Gasteiger partial charge in [0.2, 0.25) is 0 Å². The number of rotatable bonds is 6. The molecule has 0 aromatic heterocycles. The summed E-state index contributed by atoms with van der Waals surface area (Å²) >= 11 is 0. The van der Waals surface area contributed by atoms with Gasteiger partial charge in [-0.25, -0.2) is 0 Å². The standard InChI is InChI=1S/C20H16O3/c21-14-17-5-4-8-20(13-17)22-15-16-9-11-19(12-10-16)23-18-6-2-1-3-7-18/h1-14H,15H2. The van der Waals surface area contributed by atoms with E-state index in [2.05, 4.69) is 0 Å². The van der Waals surface area contributed by atoms with Crippen LogP contribution in [0.1, 0.15) is 15.9 Å². The van der Waals surface area contributed by atoms with E-state index < -0.39 is 0 Å². The number of para-hydroxylation sites is 1. The molecule has 0 amide bonds. The van der Waals surface area contributed by atoms with Crippen LogP contribution < -0.4 is 9.47 Å². The van der Waals surface area contributed by atoms with Crippen molar-refractivity contribution < 1.29 is 14.3 Å². The van der Waals surface area contributed by atoms with Gasteiger partial charge in [0, 0.05) is 5.56 Å². The first-order valence-corrected chi connectivity index (χ1v) is 7.33. The van der Waals surface area contributed by atoms with Crippen LogP contribution in [-0.2, 0) is 6.61 Å². The average Bonchev–Trinajstić information content (AvgIpc) is 2.62. The predicted octanol–water partition coefficient (Wildman–Crippen LogP) is 4.87. The van der Waals surface area contributed by atoms with Crippen molar-refractivity contribution in [1.82, 2.24) is 0 Å². The third-order valence-corrected chi connectivity index (χ3v) is 3.30. The molecule has 3 aromatic rings. The summed E-state index contributed by atoms with van der Waals surface area (Å²) in [5.74, 6) is 2.27. The van der Waals surface area contributed by atoms with Crippen LogP contribution in [0.15, 0.2) is 78.9 Å². The molecule has 0 radical (unpaired) electrons. The number of aldehydes is 1. The van der Waals surface area contributed by atoms with Gasteiger partial charge in [-0.1, -0.05) is 42.5 Å². The summed E-state index contributed by atoms with van der Waals surface area (Å²) < 4.78 is 11.4. The highest BCUT2D eigenvalue weighted by atomic mass is 16.5. The van der Waals surface area contributed by atoms with Gasteiger partial charge in [0.1, 0.15) is 30.1 Å². The maximum absolute atomic E-state index is 10.8. The molecule has 114 valence electrons. The first kappa shape index (κ1) is 14.9. The zero-order valence-electron chi connectivity index (χ0n) is 12.5. The number of ether oxygens (including phenoxy) is 2. The normalized spacial score (nSPS) is 10.1. The van der Waals surface area contributed by atoms with Crippen molar-refractivity contribution in [2.24, 2.45) is 0 Å². The Morgan fingerprint density at radius 3 is 2.17 bits per heavy atom. The minimum absolute atomic E-state index is 0.438. The number of hydrogen-bond donors (Lipinski definition) is 0. The van der Waals surface area contributed by atoms with Gasteiger partial charge in [-0.05, 0) is 42.0 Å². The molecule has 0 aliphatic heterocycles. The Kier molecular flexibility index (Phi) is 4.69. The van der Waals surface area contributed by atoms with Crippen LogP contribution in [-0.4, -0.2) is 6.29 Å². The van der Waals surface area contributed by atoms with E-state index in [1.54, 1.807) is 18.2 Å². The predicted molar refractivity (Wildman–Crippen MR) is 89.1 cm³/mol. The summed E-state index contributed by atoms with van der Waals surface area (Å²) in [7, 11) is 0. The monoisotopic (exact) mass is 304 g/mol. The number of carbonyl (C=O) groups is 1. The van der Waals surface area contributed by atoms with Crippen LogP contribution >= 0.6 is 0 Å². The van der Waals surface area contributed by atoms with Gasteiger partial charge >= 0.3 is 0 Å². The summed E-state index contributed by atoms with van der Waals surface area (Å²) in [6.45, 7) is 0.438. The van der Waals surface area contributed by atoms with Crippen molar-refractivity contribution >= 4 is 6.29 Å². The molecular formula is C20H16O3. The summed E-state index contributed by atoms with van der Waals surface area (Å²) in [4.78, 5) is 10.8. The lowest BCUT2D eigenvalue weighted by atomic mass is 10.2. The highest BCUT2D eigenvalue weighted by molar-refractivity contribution is 5.75. The molecule has 0 saturated carbocycles. The molecule has 0 fully saturated rings. The van der Waals surface area contributed by atoms with Gasteiger partial charge in [-0.2, -0.15) is 0 Å². The highest BCUT2D eigenvalue weighted by Crippen LogP contribution is 2.22. The Balaban J connectivity index is 1.60. The van der Waals surface area contributed by atoms with E-state index >= 15 is 0 Å². The molecule has 0 unspecified atom stereocenters. The van der Waals surface area contributed by atoms with E-state index in [1.165, 1.54) is 0 Å². The number of carbonyl (C=O) groups excluding carboxylic acids is 1. The second-order valence-corrected chi connectivity index (χ2v) is 5.04. The number of benzene rings is 3. The minimum Gasteiger partial charge on any atom is -0.489 e. The molecule has 0 spiro atoms. The van der Waals surface area contributed by atoms with Crippen molar-refractivity contribution in [3.05, 3.63) is 90.0 Å². The third-order valence-electron chi connectivity index (χ3n) is 3.30. The molecule has 0 aliphatic rings. The second kappa shape index (κ2) is 7.27. The molecule has 0 aliphatic carbocycles. The molecule has 0 N–H and O–H groups in total. The fraction of sp³-hybridized carbons (Fsp3) is 0.0500. The highest BCUT2D eigenvalue weighted by Gasteiger charge is 2.00. The van der Waals surface area contributed by atoms with Crippen molar-refractivity contribution in [2.75, 3.05) is 0 Å². The largest absolute Gasteiger partial charge is 0.489 e. The van der Waals surface area contributed by atoms with Gasteiger partial charge in [0.15, 0.2) is 0 Å². The van der Waals surface area contributed by atoms with Crippen molar-refractivity contribution in [3.63, 3.8) is 0 Å². The Bertz CT molecular complexity index is 764. The summed E-state index contributed by atoms with van der Waals surface area (Å²) in [6.07, 6.45) is 0.808. The van der Waals surface area contributed by atoms with E-state index in [-0.39, 0.29) is 0 Å². The third kappa shape index (κ3) is 4.20. The van der Waals surface area contributed by atoms with Crippen molar-refractivity contribution in [2.45, 2.75) is 6.61 Å². The van der Waals surface area contributed by atoms with Crippen LogP contribution in [0.3, 0.4) is 0 Å². The molecular weight excluding hydrogens is 288 g/mol. The van der Waals surface area contributed by atoms with E-state index in [4.69, 9.17) is 9.47 Å². The summed E-state index contributed by atoms with van der Waals surface area (Å²) in [5.41, 5.74) is 1.64. The first-order valence-electron chi connectivity index (χ1n) is 7.33. The van der Waals surface area contributed by atoms with E-state index in [0.717, 1.165) is 23.3 Å². The van der Waals surface area contributed by atoms with Crippen molar-refractivity contribution in [1.29, 1.82) is 0 Å². The van der Waals surface area contributed by atoms with E-state index in [0.29, 0.717) is 17.9 Å². The Morgan fingerprint density at radius 2 is 1.43 bits per heavy atom. The Labute approximate surface area is 135 Å². The first-order chi connectivity index (χ1) is 11.3. The molecule has 3 nitrogen and oxygen atoms in total. The number of hydrogen-bond acceptors (Lipinski definition) is 3. The van der Waals surface area contributed by atoms with E-state index in [1.807, 2.05) is 60.7 Å². The molecule has 0 atom stereocenters. The maximum Gasteiger partial charge on any atom is 0.150 e. The summed E-state index contributed by atoms with van der Waals surface area (Å²) in [6, 6.07) is 24.5. The van der Waals surface area contributed by atoms with Crippen LogP contribution in [0.5, 0.6) is 17.2 Å². The Morgan fingerprint density at radius 1 is 0.739 bits per heavy atom. The van der Waals surface area contributed by atoms with Gasteiger partial charge in [0.25, 0.3) is 0 Å². The lowest BCUT2D eigenvalue weighted by molar-refractivity contribution is 0.112. The van der Waals surface area contributed by atoms with Crippen LogP contribution in [0.25, 0.3) is 0 Å². The van der Waals surface area contributed by atoms with Crippen LogP contribution in [0, 0.1) is 0 Å². The minimum atomic E-state index is 0.438. The zero-order chi connectivity index (χ0) is 15.9. The van der Waals surface area contributed by atoms with Crippen LogP contribution in [0.4, 0.5) is 0 Å². The molecule has 3 heteroatoms. The quantitative estimate of drug-likeness (QED) is 0.609. The SMILES string of the molecule is O=Cc1cccc(OCc2ccc(Oc3ccccc3)cc2)c1. The molecule has 3 aromatic carbocycles. The maximum atomic E-state index is 10.8. The summed E-state index contributed by atoms with van der Waals surface area (Å²) in [5, 5.41) is 0. The lowest BCUT2D eigenvalue weighted by Gasteiger charge is -2.08. The molecule has 3 rings (SSSR count). The fourth-order valence-electron chi connectivity index (χ4n) is 2.12. The lowest BCUT2D eigenvalue weighted by Crippen LogP contribution is -1.96. The van der Waals surface area contributed by atoms with E-state index in [9.17, 15) is 4.79 Å². The Hall–Kier alpha value is -3.07. The molecule has 0 heterocycles. The van der Waals surface area contributed by atoms with Gasteiger partial charge in [-0.3, -0.25) is 4.79 Å². The molecule has 23 heavy (non-hydrogen) atoms. The average molecular weight is 304 g/mol. The fourth-order valence-corrected chi connectivity index (χ4v) is 2.12. The second-order valence-electron chi connectivity index (χ2n) is 5.04. The van der Waals surface area contributed by atoms with Gasteiger partial charge in [0.05, 0.1) is 0 Å². The van der Waals surface area contributed by atoms with Crippen LogP contribution in [0.2, 0.25) is 0 Å². The van der Waals surface area contributed by atoms with Gasteiger partial charge in [-0.15, -0.1) is 0 Å². The smallest absolute Gasteiger partial charge is 0.150 e. The topological polar surface area (TPSA) is 35.5 Å². The van der Waals surface area contributed by atoms with Gasteiger partial charge < -0.3 is 9.47 Å². The zero-order valence-corrected chi connectivity index (χ0v) is 12.5. The molecule has 0 bridgehead atoms.